The summed E-state index contributed by atoms with van der Waals surface area (Å²) >= 11 is 0. The van der Waals surface area contributed by atoms with Gasteiger partial charge in [-0.1, -0.05) is 6.07 Å². The molecule has 0 aliphatic carbocycles. The Hall–Kier alpha value is -3.46. The first-order chi connectivity index (χ1) is 14.9. The van der Waals surface area contributed by atoms with Gasteiger partial charge in [0.1, 0.15) is 23.1 Å². The topological polar surface area (TPSA) is 100 Å². The monoisotopic (exact) mass is 421 g/mol. The highest BCUT2D eigenvalue weighted by atomic mass is 16.6. The molecule has 9 heteroatoms. The molecule has 0 aromatic carbocycles. The molecule has 5 heterocycles. The van der Waals surface area contributed by atoms with Gasteiger partial charge in [0.2, 0.25) is 11.8 Å². The van der Waals surface area contributed by atoms with Gasteiger partial charge in [-0.3, -0.25) is 9.48 Å². The molecule has 0 saturated carbocycles. The summed E-state index contributed by atoms with van der Waals surface area (Å²) in [5.74, 6) is 0.839. The van der Waals surface area contributed by atoms with Crippen molar-refractivity contribution in [3.8, 4) is 23.0 Å². The number of nitrogens with zero attached hydrogens (tertiary/aromatic N) is 4. The first-order valence-corrected chi connectivity index (χ1v) is 10.1. The summed E-state index contributed by atoms with van der Waals surface area (Å²) in [4.78, 5) is 22.2. The van der Waals surface area contributed by atoms with Crippen LogP contribution in [-0.2, 0) is 18.2 Å². The van der Waals surface area contributed by atoms with Crippen LogP contribution in [0.4, 0.5) is 5.82 Å². The third-order valence-corrected chi connectivity index (χ3v) is 5.14. The number of fused-ring (bicyclic) bond motifs is 1. The quantitative estimate of drug-likeness (QED) is 0.676. The SMILES string of the molecule is Cn1cc(-c2cccc(NC(=O)c3cc4c(nc3OC3COC3)OC(C)(C)C4)n2)cn1. The van der Waals surface area contributed by atoms with E-state index in [-0.39, 0.29) is 23.5 Å². The van der Waals surface area contributed by atoms with Crippen LogP contribution in [0.15, 0.2) is 36.7 Å². The summed E-state index contributed by atoms with van der Waals surface area (Å²) in [7, 11) is 1.84. The normalized spacial score (nSPS) is 16.9. The Morgan fingerprint density at radius 2 is 2.13 bits per heavy atom. The molecule has 3 aromatic heterocycles. The Labute approximate surface area is 179 Å². The fraction of sp³-hybridized carbons (Fsp3) is 0.364. The first kappa shape index (κ1) is 19.5. The number of nitrogens with one attached hydrogen (secondary N) is 1. The molecule has 0 spiro atoms. The lowest BCUT2D eigenvalue weighted by Gasteiger charge is -2.27. The van der Waals surface area contributed by atoms with E-state index in [4.69, 9.17) is 14.2 Å². The molecule has 1 N–H and O–H groups in total. The number of aryl methyl sites for hydroxylation is 1. The molecule has 160 valence electrons. The molecule has 9 nitrogen and oxygen atoms in total. The van der Waals surface area contributed by atoms with E-state index in [1.54, 1.807) is 23.0 Å². The maximum Gasteiger partial charge on any atom is 0.262 e. The molecule has 2 aliphatic heterocycles. The van der Waals surface area contributed by atoms with Crippen molar-refractivity contribution in [2.24, 2.45) is 7.05 Å². The van der Waals surface area contributed by atoms with Crippen LogP contribution in [-0.4, -0.2) is 50.6 Å². The minimum atomic E-state index is -0.374. The molecule has 3 aromatic rings. The molecule has 5 rings (SSSR count). The lowest BCUT2D eigenvalue weighted by Crippen LogP contribution is -2.39. The van der Waals surface area contributed by atoms with Crippen molar-refractivity contribution in [1.29, 1.82) is 0 Å². The zero-order chi connectivity index (χ0) is 21.6. The van der Waals surface area contributed by atoms with E-state index in [2.05, 4.69) is 20.4 Å². The van der Waals surface area contributed by atoms with E-state index in [0.29, 0.717) is 36.9 Å². The van der Waals surface area contributed by atoms with Crippen molar-refractivity contribution in [3.05, 3.63) is 47.8 Å². The zero-order valence-electron chi connectivity index (χ0n) is 17.6. The number of carbonyl (C=O) groups excluding carboxylic acids is 1. The van der Waals surface area contributed by atoms with Crippen LogP contribution in [0.25, 0.3) is 11.3 Å². The Morgan fingerprint density at radius 1 is 1.29 bits per heavy atom. The predicted molar refractivity (Wildman–Crippen MR) is 112 cm³/mol. The molecule has 31 heavy (non-hydrogen) atoms. The molecule has 1 amide bonds. The van der Waals surface area contributed by atoms with E-state index in [9.17, 15) is 4.79 Å². The molecule has 0 atom stereocenters. The fourth-order valence-electron chi connectivity index (χ4n) is 3.59. The number of anilines is 1. The Morgan fingerprint density at radius 3 is 2.84 bits per heavy atom. The van der Waals surface area contributed by atoms with Crippen LogP contribution in [0.5, 0.6) is 11.8 Å². The number of pyridine rings is 2. The van der Waals surface area contributed by atoms with E-state index in [1.807, 2.05) is 39.2 Å². The van der Waals surface area contributed by atoms with Gasteiger partial charge in [0.25, 0.3) is 5.91 Å². The summed E-state index contributed by atoms with van der Waals surface area (Å²) in [6.07, 6.45) is 4.13. The van der Waals surface area contributed by atoms with Gasteiger partial charge in [0, 0.05) is 30.8 Å². The maximum atomic E-state index is 13.2. The summed E-state index contributed by atoms with van der Waals surface area (Å²) in [5.41, 5.74) is 2.44. The van der Waals surface area contributed by atoms with Gasteiger partial charge in [-0.05, 0) is 32.0 Å². The number of amides is 1. The van der Waals surface area contributed by atoms with Gasteiger partial charge < -0.3 is 19.5 Å². The molecular formula is C22H23N5O4. The van der Waals surface area contributed by atoms with Crippen LogP contribution >= 0.6 is 0 Å². The van der Waals surface area contributed by atoms with Crippen molar-refractivity contribution in [2.75, 3.05) is 18.5 Å². The van der Waals surface area contributed by atoms with Crippen LogP contribution < -0.4 is 14.8 Å². The summed E-state index contributed by atoms with van der Waals surface area (Å²) in [5, 5.41) is 7.04. The molecular weight excluding hydrogens is 398 g/mol. The summed E-state index contributed by atoms with van der Waals surface area (Å²) < 4.78 is 18.7. The van der Waals surface area contributed by atoms with Crippen molar-refractivity contribution >= 4 is 11.7 Å². The largest absolute Gasteiger partial charge is 0.471 e. The highest BCUT2D eigenvalue weighted by molar-refractivity contribution is 6.05. The molecule has 1 saturated heterocycles. The van der Waals surface area contributed by atoms with Crippen molar-refractivity contribution in [2.45, 2.75) is 32.0 Å². The lowest BCUT2D eigenvalue weighted by atomic mass is 10.0. The van der Waals surface area contributed by atoms with Crippen molar-refractivity contribution < 1.29 is 19.0 Å². The zero-order valence-corrected chi connectivity index (χ0v) is 17.6. The average molecular weight is 421 g/mol. The highest BCUT2D eigenvalue weighted by Crippen LogP contribution is 2.37. The molecule has 2 aliphatic rings. The Balaban J connectivity index is 1.43. The van der Waals surface area contributed by atoms with Crippen LogP contribution in [0.2, 0.25) is 0 Å². The number of ether oxygens (including phenoxy) is 3. The second-order valence-corrected chi connectivity index (χ2v) is 8.39. The van der Waals surface area contributed by atoms with Crippen molar-refractivity contribution in [1.82, 2.24) is 19.7 Å². The van der Waals surface area contributed by atoms with Crippen LogP contribution in [0, 0.1) is 0 Å². The molecule has 0 unspecified atom stereocenters. The average Bonchev–Trinajstić information content (AvgIpc) is 3.25. The van der Waals surface area contributed by atoms with Crippen LogP contribution in [0.3, 0.4) is 0 Å². The Bertz CT molecular complexity index is 1150. The number of aromatic nitrogens is 4. The molecule has 0 radical (unpaired) electrons. The van der Waals surface area contributed by atoms with E-state index in [1.165, 1.54) is 0 Å². The second-order valence-electron chi connectivity index (χ2n) is 8.39. The molecule has 1 fully saturated rings. The van der Waals surface area contributed by atoms with Crippen LogP contribution in [0.1, 0.15) is 29.8 Å². The number of hydrogen-bond donors (Lipinski definition) is 1. The first-order valence-electron chi connectivity index (χ1n) is 10.1. The standard InChI is InChI=1S/C22H23N5O4/c1-22(2)8-13-7-16(21(26-20(13)31-22)30-15-11-29-12-15)19(28)25-18-6-4-5-17(24-18)14-9-23-27(3)10-14/h4-7,9-10,15H,8,11-12H2,1-3H3,(H,24,25,28). The summed E-state index contributed by atoms with van der Waals surface area (Å²) in [6.45, 7) is 4.92. The van der Waals surface area contributed by atoms with Crippen molar-refractivity contribution in [3.63, 3.8) is 0 Å². The van der Waals surface area contributed by atoms with E-state index < -0.39 is 0 Å². The van der Waals surface area contributed by atoms with Gasteiger partial charge in [-0.15, -0.1) is 0 Å². The second kappa shape index (κ2) is 7.35. The van der Waals surface area contributed by atoms with Gasteiger partial charge in [-0.2, -0.15) is 10.1 Å². The Kier molecular flexibility index (Phi) is 4.62. The number of rotatable bonds is 5. The number of hydrogen-bond acceptors (Lipinski definition) is 7. The minimum Gasteiger partial charge on any atom is -0.471 e. The fourth-order valence-corrected chi connectivity index (χ4v) is 3.59. The van der Waals surface area contributed by atoms with Gasteiger partial charge in [-0.25, -0.2) is 4.98 Å². The van der Waals surface area contributed by atoms with Gasteiger partial charge in [0.15, 0.2) is 0 Å². The lowest BCUT2D eigenvalue weighted by molar-refractivity contribution is -0.0816. The van der Waals surface area contributed by atoms with Gasteiger partial charge >= 0.3 is 0 Å². The highest BCUT2D eigenvalue weighted by Gasteiger charge is 2.34. The minimum absolute atomic E-state index is 0.126. The van der Waals surface area contributed by atoms with E-state index >= 15 is 0 Å². The predicted octanol–water partition coefficient (Wildman–Crippen LogP) is 2.62. The smallest absolute Gasteiger partial charge is 0.262 e. The number of carbonyl (C=O) groups is 1. The third-order valence-electron chi connectivity index (χ3n) is 5.14. The van der Waals surface area contributed by atoms with Gasteiger partial charge in [0.05, 0.1) is 25.1 Å². The summed E-state index contributed by atoms with van der Waals surface area (Å²) in [6, 6.07) is 7.25. The molecule has 0 bridgehead atoms. The maximum absolute atomic E-state index is 13.2. The third kappa shape index (κ3) is 3.96. The van der Waals surface area contributed by atoms with E-state index in [0.717, 1.165) is 16.8 Å².